The van der Waals surface area contributed by atoms with E-state index in [2.05, 4.69) is 9.72 Å². The van der Waals surface area contributed by atoms with Crippen molar-refractivity contribution in [1.82, 2.24) is 4.98 Å². The highest BCUT2D eigenvalue weighted by Gasteiger charge is 2.19. The lowest BCUT2D eigenvalue weighted by atomic mass is 10.1. The molecule has 0 radical (unpaired) electrons. The Morgan fingerprint density at radius 3 is 2.93 bits per heavy atom. The molecule has 2 aromatic heterocycles. The van der Waals surface area contributed by atoms with E-state index in [0.717, 1.165) is 10.4 Å². The number of methoxy groups -OCH3 is 1. The Morgan fingerprint density at radius 2 is 2.33 bits per heavy atom. The van der Waals surface area contributed by atoms with Gasteiger partial charge in [-0.15, -0.1) is 22.7 Å². The first-order valence-electron chi connectivity index (χ1n) is 4.08. The SMILES string of the molecule is COC(=O)c1c(-c2cncs2)csc1N. The number of aromatic nitrogens is 1. The molecular formula is C9H8N2O2S2. The van der Waals surface area contributed by atoms with Crippen LogP contribution in [0.4, 0.5) is 5.00 Å². The fraction of sp³-hybridized carbons (Fsp3) is 0.111. The van der Waals surface area contributed by atoms with Gasteiger partial charge in [-0.2, -0.15) is 0 Å². The van der Waals surface area contributed by atoms with Crippen LogP contribution in [0.2, 0.25) is 0 Å². The molecule has 6 heteroatoms. The number of hydrogen-bond donors (Lipinski definition) is 1. The van der Waals surface area contributed by atoms with Crippen LogP contribution in [0.1, 0.15) is 10.4 Å². The maximum atomic E-state index is 11.5. The highest BCUT2D eigenvalue weighted by Crippen LogP contribution is 2.35. The minimum atomic E-state index is -0.405. The second kappa shape index (κ2) is 4.00. The summed E-state index contributed by atoms with van der Waals surface area (Å²) in [6.07, 6.45) is 1.71. The summed E-state index contributed by atoms with van der Waals surface area (Å²) in [5, 5.41) is 2.32. The number of esters is 1. The summed E-state index contributed by atoms with van der Waals surface area (Å²) < 4.78 is 4.69. The van der Waals surface area contributed by atoms with Crippen molar-refractivity contribution >= 4 is 33.6 Å². The lowest BCUT2D eigenvalue weighted by Gasteiger charge is -2.00. The largest absolute Gasteiger partial charge is 0.465 e. The smallest absolute Gasteiger partial charge is 0.341 e. The van der Waals surface area contributed by atoms with Crippen molar-refractivity contribution in [2.45, 2.75) is 0 Å². The molecule has 2 aromatic rings. The molecule has 0 saturated carbocycles. The normalized spacial score (nSPS) is 10.2. The van der Waals surface area contributed by atoms with Crippen LogP contribution in [0.15, 0.2) is 17.1 Å². The third kappa shape index (κ3) is 1.73. The molecule has 0 saturated heterocycles. The highest BCUT2D eigenvalue weighted by atomic mass is 32.1. The summed E-state index contributed by atoms with van der Waals surface area (Å²) in [7, 11) is 1.34. The van der Waals surface area contributed by atoms with Crippen LogP contribution in [-0.2, 0) is 4.74 Å². The van der Waals surface area contributed by atoms with Gasteiger partial charge < -0.3 is 10.5 Å². The van der Waals surface area contributed by atoms with Crippen molar-refractivity contribution in [3.8, 4) is 10.4 Å². The van der Waals surface area contributed by atoms with Gasteiger partial charge in [-0.3, -0.25) is 4.98 Å². The minimum Gasteiger partial charge on any atom is -0.465 e. The van der Waals surface area contributed by atoms with Gasteiger partial charge in [0.1, 0.15) is 10.6 Å². The van der Waals surface area contributed by atoms with Gasteiger partial charge in [-0.1, -0.05) is 0 Å². The second-order valence-electron chi connectivity index (χ2n) is 2.75. The molecule has 0 bridgehead atoms. The monoisotopic (exact) mass is 240 g/mol. The van der Waals surface area contributed by atoms with E-state index in [0.29, 0.717) is 10.6 Å². The Labute approximate surface area is 94.3 Å². The molecule has 0 amide bonds. The van der Waals surface area contributed by atoms with Crippen molar-refractivity contribution in [1.29, 1.82) is 0 Å². The van der Waals surface area contributed by atoms with Gasteiger partial charge in [0.05, 0.1) is 17.5 Å². The number of thiazole rings is 1. The van der Waals surface area contributed by atoms with Crippen molar-refractivity contribution in [3.05, 3.63) is 22.7 Å². The van der Waals surface area contributed by atoms with Crippen LogP contribution in [0, 0.1) is 0 Å². The third-order valence-electron chi connectivity index (χ3n) is 1.91. The van der Waals surface area contributed by atoms with Gasteiger partial charge in [0.25, 0.3) is 0 Å². The van der Waals surface area contributed by atoms with E-state index in [9.17, 15) is 4.79 Å². The number of nitrogens with zero attached hydrogens (tertiary/aromatic N) is 1. The summed E-state index contributed by atoms with van der Waals surface area (Å²) in [5.74, 6) is -0.405. The van der Waals surface area contributed by atoms with Crippen molar-refractivity contribution in [3.63, 3.8) is 0 Å². The van der Waals surface area contributed by atoms with Gasteiger partial charge in [-0.05, 0) is 0 Å². The first kappa shape index (κ1) is 10.1. The zero-order chi connectivity index (χ0) is 10.8. The maximum Gasteiger partial charge on any atom is 0.341 e. The molecule has 0 atom stereocenters. The van der Waals surface area contributed by atoms with E-state index in [4.69, 9.17) is 5.73 Å². The first-order valence-corrected chi connectivity index (χ1v) is 5.84. The van der Waals surface area contributed by atoms with Crippen molar-refractivity contribution < 1.29 is 9.53 Å². The van der Waals surface area contributed by atoms with Crippen LogP contribution in [0.5, 0.6) is 0 Å². The molecule has 0 spiro atoms. The zero-order valence-corrected chi connectivity index (χ0v) is 9.52. The predicted octanol–water partition coefficient (Wildman–Crippen LogP) is 2.24. The summed E-state index contributed by atoms with van der Waals surface area (Å²) in [4.78, 5) is 16.4. The number of rotatable bonds is 2. The average Bonchev–Trinajstić information content (AvgIpc) is 2.85. The van der Waals surface area contributed by atoms with E-state index >= 15 is 0 Å². The standard InChI is InChI=1S/C9H8N2O2S2/c1-13-9(12)7-5(3-14-8(7)10)6-2-11-4-15-6/h2-4H,10H2,1H3. The number of carbonyl (C=O) groups is 1. The van der Waals surface area contributed by atoms with Crippen LogP contribution in [0.3, 0.4) is 0 Å². The molecule has 0 aromatic carbocycles. The Kier molecular flexibility index (Phi) is 2.70. The van der Waals surface area contributed by atoms with Gasteiger partial charge in [-0.25, -0.2) is 4.79 Å². The molecule has 0 aliphatic carbocycles. The summed E-state index contributed by atoms with van der Waals surface area (Å²) in [6, 6.07) is 0. The number of carbonyl (C=O) groups excluding carboxylic acids is 1. The van der Waals surface area contributed by atoms with Crippen LogP contribution in [-0.4, -0.2) is 18.1 Å². The average molecular weight is 240 g/mol. The Morgan fingerprint density at radius 1 is 1.53 bits per heavy atom. The van der Waals surface area contributed by atoms with Crippen molar-refractivity contribution in [2.24, 2.45) is 0 Å². The summed E-state index contributed by atoms with van der Waals surface area (Å²) >= 11 is 2.79. The van der Waals surface area contributed by atoms with E-state index in [1.54, 1.807) is 11.7 Å². The minimum absolute atomic E-state index is 0.405. The lowest BCUT2D eigenvalue weighted by molar-refractivity contribution is 0.0603. The summed E-state index contributed by atoms with van der Waals surface area (Å²) in [6.45, 7) is 0. The van der Waals surface area contributed by atoms with Crippen LogP contribution < -0.4 is 5.73 Å². The molecule has 15 heavy (non-hydrogen) atoms. The van der Waals surface area contributed by atoms with E-state index in [1.807, 2.05) is 5.38 Å². The molecule has 0 aliphatic heterocycles. The molecular weight excluding hydrogens is 232 g/mol. The van der Waals surface area contributed by atoms with Crippen molar-refractivity contribution in [2.75, 3.05) is 12.8 Å². The van der Waals surface area contributed by atoms with Gasteiger partial charge in [0.2, 0.25) is 0 Å². The third-order valence-corrected chi connectivity index (χ3v) is 3.52. The van der Waals surface area contributed by atoms with Gasteiger partial charge in [0, 0.05) is 17.1 Å². The van der Waals surface area contributed by atoms with Crippen LogP contribution in [0.25, 0.3) is 10.4 Å². The molecule has 2 heterocycles. The zero-order valence-electron chi connectivity index (χ0n) is 7.89. The maximum absolute atomic E-state index is 11.5. The predicted molar refractivity (Wildman–Crippen MR) is 61.2 cm³/mol. The number of ether oxygens (including phenoxy) is 1. The quantitative estimate of drug-likeness (QED) is 0.817. The number of nitrogen functional groups attached to an aromatic ring is 1. The Hall–Kier alpha value is -1.40. The molecule has 2 N–H and O–H groups in total. The van der Waals surface area contributed by atoms with E-state index in [-0.39, 0.29) is 0 Å². The first-order chi connectivity index (χ1) is 7.24. The lowest BCUT2D eigenvalue weighted by Crippen LogP contribution is -2.03. The Bertz CT molecular complexity index is 476. The molecule has 4 nitrogen and oxygen atoms in total. The molecule has 0 aliphatic rings. The van der Waals surface area contributed by atoms with E-state index < -0.39 is 5.97 Å². The van der Waals surface area contributed by atoms with E-state index in [1.165, 1.54) is 29.8 Å². The Balaban J connectivity index is 2.54. The molecule has 0 fully saturated rings. The number of hydrogen-bond acceptors (Lipinski definition) is 6. The van der Waals surface area contributed by atoms with Gasteiger partial charge in [0.15, 0.2) is 0 Å². The summed E-state index contributed by atoms with van der Waals surface area (Å²) in [5.41, 5.74) is 8.67. The number of thiophene rings is 1. The highest BCUT2D eigenvalue weighted by molar-refractivity contribution is 7.16. The molecule has 0 unspecified atom stereocenters. The number of anilines is 1. The molecule has 78 valence electrons. The number of nitrogens with two attached hydrogens (primary N) is 1. The second-order valence-corrected chi connectivity index (χ2v) is 4.54. The fourth-order valence-corrected chi connectivity index (χ4v) is 2.74. The van der Waals surface area contributed by atoms with Crippen LogP contribution >= 0.6 is 22.7 Å². The molecule has 2 rings (SSSR count). The van der Waals surface area contributed by atoms with Gasteiger partial charge >= 0.3 is 5.97 Å². The topological polar surface area (TPSA) is 65.2 Å². The fourth-order valence-electron chi connectivity index (χ4n) is 1.22.